The Hall–Kier alpha value is -5.45. The minimum atomic E-state index is 0.0136. The molecule has 1 unspecified atom stereocenters. The molecule has 3 aromatic heterocycles. The Morgan fingerprint density at radius 1 is 0.875 bits per heavy atom. The molecule has 284 valence electrons. The number of anilines is 2. The van der Waals surface area contributed by atoms with Crippen LogP contribution in [0.25, 0.3) is 33.4 Å². The molecule has 2 N–H and O–H groups in total. The summed E-state index contributed by atoms with van der Waals surface area (Å²) in [6.45, 7) is 6.96. The van der Waals surface area contributed by atoms with Gasteiger partial charge in [-0.25, -0.2) is 19.9 Å². The molecule has 1 aliphatic carbocycles. The Bertz CT molecular complexity index is 2540. The van der Waals surface area contributed by atoms with Gasteiger partial charge >= 0.3 is 0 Å². The van der Waals surface area contributed by atoms with Crippen molar-refractivity contribution in [3.8, 4) is 34.0 Å². The first-order chi connectivity index (χ1) is 27.2. The van der Waals surface area contributed by atoms with E-state index in [0.29, 0.717) is 52.6 Å². The van der Waals surface area contributed by atoms with Gasteiger partial charge < -0.3 is 24.7 Å². The van der Waals surface area contributed by atoms with Crippen LogP contribution < -0.4 is 20.1 Å². The fourth-order valence-electron chi connectivity index (χ4n) is 7.52. The SMILES string of the molecule is COc1cc(OCCn2ccc3ccc(-c4cc(N[C@@H]5CCCc6ccccc65)nc(C)n4)cc32)cc(-c2cc(NC(C)c3cccc(Br)c3)nc(C)n2)c1Cl. The summed E-state index contributed by atoms with van der Waals surface area (Å²) in [7, 11) is 1.60. The molecule has 0 saturated heterocycles. The normalized spacial score (nSPS) is 14.3. The van der Waals surface area contributed by atoms with Gasteiger partial charge in [-0.1, -0.05) is 76.1 Å². The van der Waals surface area contributed by atoms with E-state index in [9.17, 15) is 0 Å². The summed E-state index contributed by atoms with van der Waals surface area (Å²) in [6.07, 6.45) is 5.45. The quantitative estimate of drug-likeness (QED) is 0.126. The maximum atomic E-state index is 6.89. The van der Waals surface area contributed by atoms with Crippen molar-refractivity contribution < 1.29 is 9.47 Å². The van der Waals surface area contributed by atoms with Crippen molar-refractivity contribution in [3.05, 3.63) is 141 Å². The average Bonchev–Trinajstić information content (AvgIpc) is 3.60. The Morgan fingerprint density at radius 2 is 1.68 bits per heavy atom. The van der Waals surface area contributed by atoms with Crippen molar-refractivity contribution in [2.45, 2.75) is 58.7 Å². The van der Waals surface area contributed by atoms with Gasteiger partial charge in [-0.3, -0.25) is 0 Å². The lowest BCUT2D eigenvalue weighted by Crippen LogP contribution is -2.18. The highest BCUT2D eigenvalue weighted by Crippen LogP contribution is 2.40. The van der Waals surface area contributed by atoms with Gasteiger partial charge in [0, 0.05) is 51.6 Å². The molecule has 0 spiro atoms. The number of hydrogen-bond donors (Lipinski definition) is 2. The number of aryl methyl sites for hydroxylation is 3. The van der Waals surface area contributed by atoms with Gasteiger partial charge in [0.2, 0.25) is 0 Å². The van der Waals surface area contributed by atoms with Gasteiger partial charge in [-0.2, -0.15) is 0 Å². The first-order valence-electron chi connectivity index (χ1n) is 18.9. The summed E-state index contributed by atoms with van der Waals surface area (Å²) in [4.78, 5) is 19.0. The van der Waals surface area contributed by atoms with Crippen LogP contribution in [0.2, 0.25) is 5.02 Å². The van der Waals surface area contributed by atoms with Crippen LogP contribution in [0, 0.1) is 13.8 Å². The van der Waals surface area contributed by atoms with Crippen LogP contribution >= 0.6 is 27.5 Å². The molecule has 0 radical (unpaired) electrons. The molecule has 0 aliphatic heterocycles. The fraction of sp³-hybridized carbons (Fsp3) is 0.244. The van der Waals surface area contributed by atoms with E-state index < -0.39 is 0 Å². The van der Waals surface area contributed by atoms with Gasteiger partial charge in [-0.05, 0) is 92.4 Å². The highest BCUT2D eigenvalue weighted by atomic mass is 79.9. The van der Waals surface area contributed by atoms with Crippen molar-refractivity contribution in [2.24, 2.45) is 0 Å². The zero-order valence-electron chi connectivity index (χ0n) is 31.8. The molecule has 0 fully saturated rings. The highest BCUT2D eigenvalue weighted by molar-refractivity contribution is 9.10. The lowest BCUT2D eigenvalue weighted by atomic mass is 9.88. The zero-order chi connectivity index (χ0) is 38.8. The smallest absolute Gasteiger partial charge is 0.141 e. The number of aromatic nitrogens is 5. The number of benzene rings is 4. The summed E-state index contributed by atoms with van der Waals surface area (Å²) >= 11 is 10.5. The molecule has 1 aliphatic rings. The maximum absolute atomic E-state index is 6.89. The van der Waals surface area contributed by atoms with Crippen LogP contribution in [0.4, 0.5) is 11.6 Å². The summed E-state index contributed by atoms with van der Waals surface area (Å²) in [6, 6.07) is 33.5. The van der Waals surface area contributed by atoms with Crippen LogP contribution in [-0.2, 0) is 13.0 Å². The summed E-state index contributed by atoms with van der Waals surface area (Å²) in [5, 5.41) is 8.83. The van der Waals surface area contributed by atoms with E-state index in [2.05, 4.69) is 116 Å². The van der Waals surface area contributed by atoms with E-state index in [0.717, 1.165) is 63.1 Å². The number of hydrogen-bond acceptors (Lipinski definition) is 8. The van der Waals surface area contributed by atoms with Gasteiger partial charge in [0.05, 0.1) is 36.1 Å². The van der Waals surface area contributed by atoms with E-state index in [-0.39, 0.29) is 12.1 Å². The third kappa shape index (κ3) is 8.22. The predicted octanol–water partition coefficient (Wildman–Crippen LogP) is 11.3. The maximum Gasteiger partial charge on any atom is 0.141 e. The zero-order valence-corrected chi connectivity index (χ0v) is 34.2. The summed E-state index contributed by atoms with van der Waals surface area (Å²) < 4.78 is 15.3. The molecule has 3 heterocycles. The number of rotatable bonds is 12. The predicted molar refractivity (Wildman–Crippen MR) is 229 cm³/mol. The van der Waals surface area contributed by atoms with Crippen molar-refractivity contribution in [1.29, 1.82) is 0 Å². The van der Waals surface area contributed by atoms with E-state index >= 15 is 0 Å². The van der Waals surface area contributed by atoms with E-state index in [1.807, 2.05) is 44.2 Å². The number of nitrogens with one attached hydrogen (secondary N) is 2. The Balaban J connectivity index is 0.994. The minimum absolute atomic E-state index is 0.0136. The fourth-order valence-corrected chi connectivity index (χ4v) is 8.22. The lowest BCUT2D eigenvalue weighted by molar-refractivity contribution is 0.298. The van der Waals surface area contributed by atoms with Gasteiger partial charge in [0.1, 0.15) is 41.4 Å². The average molecular weight is 829 g/mol. The van der Waals surface area contributed by atoms with Gasteiger partial charge in [0.15, 0.2) is 0 Å². The van der Waals surface area contributed by atoms with E-state index in [1.165, 1.54) is 11.1 Å². The first-order valence-corrected chi connectivity index (χ1v) is 20.1. The summed E-state index contributed by atoms with van der Waals surface area (Å²) in [5.74, 6) is 4.02. The van der Waals surface area contributed by atoms with Gasteiger partial charge in [-0.15, -0.1) is 0 Å². The minimum Gasteiger partial charge on any atom is -0.495 e. The largest absolute Gasteiger partial charge is 0.495 e. The molecular formula is C45H43BrClN7O2. The molecule has 7 aromatic rings. The first kappa shape index (κ1) is 37.5. The Kier molecular flexibility index (Phi) is 10.9. The van der Waals surface area contributed by atoms with Crippen LogP contribution in [0.15, 0.2) is 108 Å². The molecule has 0 amide bonds. The van der Waals surface area contributed by atoms with Crippen LogP contribution in [-0.4, -0.2) is 38.2 Å². The summed E-state index contributed by atoms with van der Waals surface area (Å²) in [5.41, 5.74) is 8.29. The number of nitrogens with zero attached hydrogens (tertiary/aromatic N) is 5. The number of methoxy groups -OCH3 is 1. The third-order valence-corrected chi connectivity index (χ3v) is 11.1. The van der Waals surface area contributed by atoms with Crippen molar-refractivity contribution in [1.82, 2.24) is 24.5 Å². The van der Waals surface area contributed by atoms with Crippen molar-refractivity contribution in [3.63, 3.8) is 0 Å². The van der Waals surface area contributed by atoms with Gasteiger partial charge in [0.25, 0.3) is 0 Å². The molecular weight excluding hydrogens is 786 g/mol. The molecule has 11 heteroatoms. The Morgan fingerprint density at radius 3 is 2.52 bits per heavy atom. The monoisotopic (exact) mass is 827 g/mol. The second-order valence-electron chi connectivity index (χ2n) is 14.2. The highest BCUT2D eigenvalue weighted by Gasteiger charge is 2.21. The van der Waals surface area contributed by atoms with Crippen LogP contribution in [0.5, 0.6) is 11.5 Å². The van der Waals surface area contributed by atoms with E-state index in [1.54, 1.807) is 7.11 Å². The molecule has 8 rings (SSSR count). The topological polar surface area (TPSA) is 99.0 Å². The lowest BCUT2D eigenvalue weighted by Gasteiger charge is -2.27. The van der Waals surface area contributed by atoms with E-state index in [4.69, 9.17) is 36.0 Å². The second kappa shape index (κ2) is 16.3. The van der Waals surface area contributed by atoms with Crippen LogP contribution in [0.3, 0.4) is 0 Å². The molecule has 0 bridgehead atoms. The standard InChI is InChI=1S/C45H43BrClN7O2/c1-27(32-11-7-12-34(46)21-32)48-43-26-40(50-29(3)51-43)37-23-35(24-42(55-4)45(37)47)56-20-19-54-18-17-31-15-16-33(22-41(31)54)39-25-44(52-28(2)49-39)53-38-14-8-10-30-9-5-6-13-36(30)38/h5-7,9,11-13,15-18,21-27,38H,8,10,14,19-20H2,1-4H3,(H,48,50,51)(H,49,52,53)/t27?,38-/m1/s1. The Labute approximate surface area is 340 Å². The van der Waals surface area contributed by atoms with Crippen molar-refractivity contribution in [2.75, 3.05) is 24.4 Å². The van der Waals surface area contributed by atoms with Crippen molar-refractivity contribution >= 4 is 50.1 Å². The molecule has 56 heavy (non-hydrogen) atoms. The molecule has 2 atom stereocenters. The number of fused-ring (bicyclic) bond motifs is 2. The number of ether oxygens (including phenoxy) is 2. The number of halogens is 2. The molecule has 9 nitrogen and oxygen atoms in total. The molecule has 4 aromatic carbocycles. The van der Waals surface area contributed by atoms with Crippen LogP contribution in [0.1, 0.15) is 60.2 Å². The third-order valence-electron chi connectivity index (χ3n) is 10.3. The molecule has 0 saturated carbocycles. The second-order valence-corrected chi connectivity index (χ2v) is 15.5.